The van der Waals surface area contributed by atoms with Crippen LogP contribution < -0.4 is 21.7 Å². The van der Waals surface area contributed by atoms with Crippen LogP contribution in [0, 0.1) is 0 Å². The Kier molecular flexibility index (Phi) is 13.6. The van der Waals surface area contributed by atoms with Gasteiger partial charge in [0.1, 0.15) is 23.0 Å². The molecule has 0 atom stereocenters. The number of ether oxygens (including phenoxy) is 1. The van der Waals surface area contributed by atoms with E-state index in [-0.39, 0.29) is 17.9 Å². The summed E-state index contributed by atoms with van der Waals surface area (Å²) in [6, 6.07) is 11.1. The number of hydrogen-bond acceptors (Lipinski definition) is 12. The van der Waals surface area contributed by atoms with Crippen molar-refractivity contribution in [3.8, 4) is 0 Å². The van der Waals surface area contributed by atoms with Crippen molar-refractivity contribution in [3.05, 3.63) is 105 Å². The van der Waals surface area contributed by atoms with Crippen molar-refractivity contribution in [2.24, 2.45) is 5.73 Å². The van der Waals surface area contributed by atoms with Crippen molar-refractivity contribution >= 4 is 66.6 Å². The van der Waals surface area contributed by atoms with E-state index in [0.29, 0.717) is 78.1 Å². The van der Waals surface area contributed by atoms with Crippen LogP contribution in [-0.4, -0.2) is 95.3 Å². The molecule has 0 aliphatic rings. The molecule has 6 heterocycles. The van der Waals surface area contributed by atoms with Gasteiger partial charge in [-0.15, -0.1) is 0 Å². The number of nitrogens with two attached hydrogens (primary N) is 1. The number of methoxy groups -OCH3 is 1. The average Bonchev–Trinajstić information content (AvgIpc) is 3.74. The van der Waals surface area contributed by atoms with Gasteiger partial charge in [0.2, 0.25) is 0 Å². The minimum atomic E-state index is -0.277. The van der Waals surface area contributed by atoms with Crippen molar-refractivity contribution in [2.45, 2.75) is 33.0 Å². The summed E-state index contributed by atoms with van der Waals surface area (Å²) in [5.74, 6) is 0.915. The van der Waals surface area contributed by atoms with Crippen LogP contribution in [0.4, 0.5) is 11.6 Å². The van der Waals surface area contributed by atoms with Gasteiger partial charge in [0, 0.05) is 82.8 Å². The Labute approximate surface area is 316 Å². The molecule has 272 valence electrons. The number of carbonyl (C=O) groups excluding carboxylic acids is 2. The fourth-order valence-corrected chi connectivity index (χ4v) is 5.64. The first-order valence-electron chi connectivity index (χ1n) is 16.3. The molecule has 6 aromatic rings. The molecule has 5 N–H and O–H groups in total. The van der Waals surface area contributed by atoms with Crippen molar-refractivity contribution in [2.75, 3.05) is 44.0 Å². The molecule has 0 saturated carbocycles. The predicted molar refractivity (Wildman–Crippen MR) is 204 cm³/mol. The number of halogens is 2. The minimum absolute atomic E-state index is 0.0285. The first kappa shape index (κ1) is 38.2. The fourth-order valence-electron chi connectivity index (χ4n) is 4.95. The Balaban J connectivity index is 0.000000203. The Morgan fingerprint density at radius 1 is 0.865 bits per heavy atom. The molecule has 0 aliphatic carbocycles. The van der Waals surface area contributed by atoms with Gasteiger partial charge in [-0.25, -0.2) is 9.97 Å². The lowest BCUT2D eigenvalue weighted by Crippen LogP contribution is -2.39. The smallest absolute Gasteiger partial charge is 0.272 e. The van der Waals surface area contributed by atoms with Crippen LogP contribution in [-0.2, 0) is 17.8 Å². The molecule has 2 amide bonds. The van der Waals surface area contributed by atoms with E-state index in [1.54, 1.807) is 70.4 Å². The van der Waals surface area contributed by atoms with Crippen molar-refractivity contribution in [1.82, 2.24) is 49.4 Å². The number of anilines is 2. The maximum Gasteiger partial charge on any atom is 0.272 e. The first-order chi connectivity index (χ1) is 25.2. The Hall–Kier alpha value is -5.04. The zero-order valence-electron chi connectivity index (χ0n) is 28.8. The van der Waals surface area contributed by atoms with Gasteiger partial charge in [-0.05, 0) is 69.0 Å². The summed E-state index contributed by atoms with van der Waals surface area (Å²) in [5.41, 5.74) is 9.25. The van der Waals surface area contributed by atoms with Gasteiger partial charge in [-0.2, -0.15) is 19.2 Å². The van der Waals surface area contributed by atoms with E-state index in [1.165, 1.54) is 0 Å². The lowest BCUT2D eigenvalue weighted by atomic mass is 10.2. The van der Waals surface area contributed by atoms with Crippen LogP contribution in [0.3, 0.4) is 0 Å². The molecule has 0 aliphatic heterocycles. The third kappa shape index (κ3) is 9.64. The summed E-state index contributed by atoms with van der Waals surface area (Å²) in [7, 11) is 1.62. The third-order valence-electron chi connectivity index (χ3n) is 7.55. The minimum Gasteiger partial charge on any atom is -0.383 e. The fraction of sp³-hybridized carbons (Fsp3) is 0.294. The van der Waals surface area contributed by atoms with Gasteiger partial charge in [0.25, 0.3) is 11.8 Å². The molecule has 16 nitrogen and oxygen atoms in total. The Morgan fingerprint density at radius 3 is 1.88 bits per heavy atom. The highest BCUT2D eigenvalue weighted by Gasteiger charge is 2.22. The van der Waals surface area contributed by atoms with Crippen LogP contribution in [0.1, 0.15) is 46.0 Å². The normalized spacial score (nSPS) is 11.0. The number of fused-ring (bicyclic) bond motifs is 2. The second-order valence-electron chi connectivity index (χ2n) is 11.6. The number of nitrogens with zero attached hydrogens (tertiary/aromatic N) is 9. The van der Waals surface area contributed by atoms with Crippen molar-refractivity contribution in [3.63, 3.8) is 0 Å². The summed E-state index contributed by atoms with van der Waals surface area (Å²) in [4.78, 5) is 44.2. The molecule has 0 spiro atoms. The quantitative estimate of drug-likeness (QED) is 0.123. The number of amides is 2. The highest BCUT2D eigenvalue weighted by Crippen LogP contribution is 2.23. The van der Waals surface area contributed by atoms with E-state index >= 15 is 0 Å². The highest BCUT2D eigenvalue weighted by molar-refractivity contribution is 9.11. The second kappa shape index (κ2) is 18.5. The maximum absolute atomic E-state index is 13.1. The molecule has 6 aromatic heterocycles. The van der Waals surface area contributed by atoms with E-state index < -0.39 is 0 Å². The zero-order valence-corrected chi connectivity index (χ0v) is 32.0. The van der Waals surface area contributed by atoms with Gasteiger partial charge >= 0.3 is 0 Å². The Bertz CT molecular complexity index is 2090. The lowest BCUT2D eigenvalue weighted by Gasteiger charge is -2.26. The van der Waals surface area contributed by atoms with E-state index in [2.05, 4.69) is 77.9 Å². The molecular weight excluding hydrogens is 798 g/mol. The summed E-state index contributed by atoms with van der Waals surface area (Å²) >= 11 is 6.86. The van der Waals surface area contributed by atoms with Gasteiger partial charge < -0.3 is 31.3 Å². The van der Waals surface area contributed by atoms with Crippen molar-refractivity contribution in [1.29, 1.82) is 0 Å². The molecular formula is C34H39Br2N13O3. The number of carbonyl (C=O) groups is 2. The van der Waals surface area contributed by atoms with Crippen LogP contribution in [0.5, 0.6) is 0 Å². The van der Waals surface area contributed by atoms with Gasteiger partial charge in [0.05, 0.1) is 27.9 Å². The lowest BCUT2D eigenvalue weighted by molar-refractivity contribution is 0.0629. The van der Waals surface area contributed by atoms with Crippen molar-refractivity contribution < 1.29 is 14.3 Å². The monoisotopic (exact) mass is 835 g/mol. The standard InChI is InChI=1S/C19H23BrN6O2.C15H16BrN7O/c1-13(2)25(7-8-28-3)19(27)16-9-17(22-11-14-5-4-6-21-10-14)26-18(24-16)15(20)12-23-26;16-11-9-21-23-13(20-8-10-2-1-4-18-7-10)6-12(22-14(11)23)15(24)19-5-3-17/h4-6,9-10,12-13,22H,7-8,11H2,1-3H3;1-2,4,6-7,9,20H,3,5,8,17H2,(H,19,24). The summed E-state index contributed by atoms with van der Waals surface area (Å²) in [6.45, 7) is 6.78. The molecule has 18 heteroatoms. The average molecular weight is 838 g/mol. The summed E-state index contributed by atoms with van der Waals surface area (Å²) in [6.07, 6.45) is 10.3. The first-order valence-corrected chi connectivity index (χ1v) is 17.9. The summed E-state index contributed by atoms with van der Waals surface area (Å²) in [5, 5.41) is 17.9. The molecule has 0 saturated heterocycles. The maximum atomic E-state index is 13.1. The van der Waals surface area contributed by atoms with E-state index in [0.717, 1.165) is 15.6 Å². The number of nitrogens with one attached hydrogen (secondary N) is 3. The van der Waals surface area contributed by atoms with Crippen LogP contribution in [0.2, 0.25) is 0 Å². The number of pyridine rings is 2. The second-order valence-corrected chi connectivity index (χ2v) is 13.3. The van der Waals surface area contributed by atoms with Gasteiger partial charge in [-0.3, -0.25) is 19.6 Å². The van der Waals surface area contributed by atoms with Gasteiger partial charge in [0.15, 0.2) is 11.3 Å². The van der Waals surface area contributed by atoms with Crippen LogP contribution in [0.15, 0.2) is 82.5 Å². The van der Waals surface area contributed by atoms with E-state index in [9.17, 15) is 9.59 Å². The molecule has 0 fully saturated rings. The topological polar surface area (TPSA) is 195 Å². The van der Waals surface area contributed by atoms with Crippen LogP contribution in [0.25, 0.3) is 11.3 Å². The SMILES string of the molecule is COCCN(C(=O)c1cc(NCc2cccnc2)n2ncc(Br)c2n1)C(C)C.NCCNC(=O)c1cc(NCc2cccnc2)n2ncc(Br)c2n1. The zero-order chi connectivity index (χ0) is 37.0. The Morgan fingerprint density at radius 2 is 1.40 bits per heavy atom. The number of rotatable bonds is 14. The summed E-state index contributed by atoms with van der Waals surface area (Å²) < 4.78 is 9.88. The van der Waals surface area contributed by atoms with E-state index in [1.807, 2.05) is 38.1 Å². The molecule has 0 bridgehead atoms. The molecule has 52 heavy (non-hydrogen) atoms. The largest absolute Gasteiger partial charge is 0.383 e. The predicted octanol–water partition coefficient (Wildman–Crippen LogP) is 4.18. The number of hydrogen-bond donors (Lipinski definition) is 4. The van der Waals surface area contributed by atoms with Crippen LogP contribution >= 0.6 is 31.9 Å². The third-order valence-corrected chi connectivity index (χ3v) is 8.67. The molecule has 0 radical (unpaired) electrons. The molecule has 0 unspecified atom stereocenters. The molecule has 6 rings (SSSR count). The van der Waals surface area contributed by atoms with E-state index in [4.69, 9.17) is 10.5 Å². The van der Waals surface area contributed by atoms with Gasteiger partial charge in [-0.1, -0.05) is 12.1 Å². The number of aromatic nitrogens is 8. The highest BCUT2D eigenvalue weighted by atomic mass is 79.9. The molecule has 0 aromatic carbocycles.